The predicted molar refractivity (Wildman–Crippen MR) is 91.6 cm³/mol. The summed E-state index contributed by atoms with van der Waals surface area (Å²) in [7, 11) is 0. The van der Waals surface area contributed by atoms with Gasteiger partial charge in [0, 0.05) is 13.1 Å². The Kier molecular flexibility index (Phi) is 6.95. The summed E-state index contributed by atoms with van der Waals surface area (Å²) in [6.07, 6.45) is -0.0658. The van der Waals surface area contributed by atoms with Crippen LogP contribution in [0.4, 0.5) is 5.69 Å². The zero-order chi connectivity index (χ0) is 18.9. The number of fused-ring (bicyclic) bond motifs is 1. The third kappa shape index (κ3) is 5.47. The van der Waals surface area contributed by atoms with E-state index >= 15 is 0 Å². The molecule has 0 spiro atoms. The molecule has 140 valence electrons. The van der Waals surface area contributed by atoms with Gasteiger partial charge in [0.15, 0.2) is 13.2 Å². The van der Waals surface area contributed by atoms with Gasteiger partial charge in [0.1, 0.15) is 5.75 Å². The summed E-state index contributed by atoms with van der Waals surface area (Å²) in [6.45, 7) is 1.61. The molecule has 0 saturated carbocycles. The number of hydrogen-bond acceptors (Lipinski definition) is 6. The number of likely N-dealkylation sites (N-methyl/N-ethyl adjacent to an activating group) is 1. The lowest BCUT2D eigenvalue weighted by Gasteiger charge is -2.28. The first kappa shape index (κ1) is 19.2. The van der Waals surface area contributed by atoms with Crippen LogP contribution in [0, 0.1) is 0 Å². The summed E-state index contributed by atoms with van der Waals surface area (Å²) >= 11 is 0. The van der Waals surface area contributed by atoms with E-state index in [2.05, 4.69) is 10.6 Å². The van der Waals surface area contributed by atoms with Crippen molar-refractivity contribution in [3.05, 3.63) is 24.3 Å². The van der Waals surface area contributed by atoms with Crippen LogP contribution in [-0.2, 0) is 23.9 Å². The molecule has 2 N–H and O–H groups in total. The molecular weight excluding hydrogens is 342 g/mol. The first-order valence-corrected chi connectivity index (χ1v) is 8.22. The molecule has 0 radical (unpaired) electrons. The fourth-order valence-corrected chi connectivity index (χ4v) is 2.31. The molecule has 0 aliphatic carbocycles. The van der Waals surface area contributed by atoms with Crippen molar-refractivity contribution in [1.82, 2.24) is 10.6 Å². The van der Waals surface area contributed by atoms with Crippen LogP contribution in [0.1, 0.15) is 13.3 Å². The average Bonchev–Trinajstić information content (AvgIpc) is 2.64. The normalized spacial score (nSPS) is 12.7. The zero-order valence-electron chi connectivity index (χ0n) is 14.4. The largest absolute Gasteiger partial charge is 0.482 e. The molecule has 0 atom stereocenters. The number of carbonyl (C=O) groups is 4. The van der Waals surface area contributed by atoms with Crippen molar-refractivity contribution in [2.45, 2.75) is 13.3 Å². The lowest BCUT2D eigenvalue weighted by molar-refractivity contribution is -0.148. The van der Waals surface area contributed by atoms with Gasteiger partial charge in [0.25, 0.3) is 11.8 Å². The zero-order valence-corrected chi connectivity index (χ0v) is 14.4. The lowest BCUT2D eigenvalue weighted by atomic mass is 10.2. The van der Waals surface area contributed by atoms with Gasteiger partial charge in [-0.1, -0.05) is 12.1 Å². The van der Waals surface area contributed by atoms with Crippen molar-refractivity contribution in [2.24, 2.45) is 0 Å². The molecule has 0 unspecified atom stereocenters. The SMILES string of the molecule is CCNC(=O)CNC(=O)COC(=O)CCN1C(=O)COc2ccccc21. The number of carbonyl (C=O) groups excluding carboxylic acids is 4. The van der Waals surface area contributed by atoms with Crippen LogP contribution >= 0.6 is 0 Å². The number of ether oxygens (including phenoxy) is 2. The van der Waals surface area contributed by atoms with Crippen LogP contribution in [0.5, 0.6) is 5.75 Å². The number of esters is 1. The Labute approximate surface area is 150 Å². The summed E-state index contributed by atoms with van der Waals surface area (Å²) in [6, 6.07) is 7.03. The van der Waals surface area contributed by atoms with E-state index in [1.54, 1.807) is 31.2 Å². The van der Waals surface area contributed by atoms with Gasteiger partial charge in [0.2, 0.25) is 5.91 Å². The standard InChI is InChI=1S/C17H21N3O6/c1-2-18-14(21)9-19-15(22)10-26-17(24)7-8-20-12-5-3-4-6-13(12)25-11-16(20)23/h3-6H,2,7-11H2,1H3,(H,18,21)(H,19,22). The number of nitrogens with one attached hydrogen (secondary N) is 2. The Hall–Kier alpha value is -3.10. The minimum absolute atomic E-state index is 0.0658. The Morgan fingerprint density at radius 1 is 1.19 bits per heavy atom. The van der Waals surface area contributed by atoms with E-state index in [1.165, 1.54) is 4.90 Å². The van der Waals surface area contributed by atoms with Crippen molar-refractivity contribution >= 4 is 29.4 Å². The van der Waals surface area contributed by atoms with Gasteiger partial charge in [0.05, 0.1) is 18.7 Å². The van der Waals surface area contributed by atoms with Crippen LogP contribution in [0.25, 0.3) is 0 Å². The van der Waals surface area contributed by atoms with Crippen LogP contribution in [0.3, 0.4) is 0 Å². The monoisotopic (exact) mass is 363 g/mol. The van der Waals surface area contributed by atoms with Crippen molar-refractivity contribution < 1.29 is 28.7 Å². The Bertz CT molecular complexity index is 691. The van der Waals surface area contributed by atoms with E-state index in [1.807, 2.05) is 0 Å². The fourth-order valence-electron chi connectivity index (χ4n) is 2.31. The molecule has 1 aliphatic heterocycles. The fraction of sp³-hybridized carbons (Fsp3) is 0.412. The molecule has 2 rings (SSSR count). The summed E-state index contributed by atoms with van der Waals surface area (Å²) in [5.74, 6) is -1.19. The summed E-state index contributed by atoms with van der Waals surface area (Å²) in [5.41, 5.74) is 0.594. The van der Waals surface area contributed by atoms with E-state index in [0.29, 0.717) is 18.0 Å². The quantitative estimate of drug-likeness (QED) is 0.608. The maximum absolute atomic E-state index is 12.0. The second-order valence-corrected chi connectivity index (χ2v) is 5.44. The van der Waals surface area contributed by atoms with Gasteiger partial charge in [-0.25, -0.2) is 0 Å². The van der Waals surface area contributed by atoms with Gasteiger partial charge in [-0.15, -0.1) is 0 Å². The number of hydrogen-bond donors (Lipinski definition) is 2. The number of rotatable bonds is 8. The maximum Gasteiger partial charge on any atom is 0.308 e. The summed E-state index contributed by atoms with van der Waals surface area (Å²) in [5, 5.41) is 4.86. The number of para-hydroxylation sites is 2. The van der Waals surface area contributed by atoms with E-state index in [0.717, 1.165) is 0 Å². The third-order valence-corrected chi connectivity index (χ3v) is 3.53. The molecule has 3 amide bonds. The summed E-state index contributed by atoms with van der Waals surface area (Å²) in [4.78, 5) is 48.0. The number of benzene rings is 1. The van der Waals surface area contributed by atoms with Crippen molar-refractivity contribution in [3.8, 4) is 5.75 Å². The minimum atomic E-state index is -0.616. The molecule has 0 fully saturated rings. The molecule has 1 aromatic rings. The van der Waals surface area contributed by atoms with Gasteiger partial charge in [-0.2, -0.15) is 0 Å². The van der Waals surface area contributed by atoms with Gasteiger partial charge in [-0.05, 0) is 19.1 Å². The first-order chi connectivity index (χ1) is 12.5. The van der Waals surface area contributed by atoms with E-state index in [9.17, 15) is 19.2 Å². The average molecular weight is 363 g/mol. The molecule has 1 aromatic carbocycles. The molecular formula is C17H21N3O6. The third-order valence-electron chi connectivity index (χ3n) is 3.53. The Balaban J connectivity index is 1.74. The molecule has 9 nitrogen and oxygen atoms in total. The second kappa shape index (κ2) is 9.40. The van der Waals surface area contributed by atoms with Crippen LogP contribution in [0.2, 0.25) is 0 Å². The first-order valence-electron chi connectivity index (χ1n) is 8.22. The smallest absolute Gasteiger partial charge is 0.308 e. The number of nitrogens with zero attached hydrogens (tertiary/aromatic N) is 1. The highest BCUT2D eigenvalue weighted by molar-refractivity contribution is 5.98. The molecule has 0 aromatic heterocycles. The van der Waals surface area contributed by atoms with Crippen LogP contribution in [-0.4, -0.2) is 56.5 Å². The van der Waals surface area contributed by atoms with E-state index < -0.39 is 18.5 Å². The Morgan fingerprint density at radius 2 is 1.96 bits per heavy atom. The van der Waals surface area contributed by atoms with Crippen LogP contribution < -0.4 is 20.3 Å². The molecule has 0 bridgehead atoms. The van der Waals surface area contributed by atoms with Crippen molar-refractivity contribution in [2.75, 3.05) is 37.7 Å². The Morgan fingerprint density at radius 3 is 2.73 bits per heavy atom. The molecule has 0 saturated heterocycles. The predicted octanol–water partition coefficient (Wildman–Crippen LogP) is -0.402. The molecule has 9 heteroatoms. The van der Waals surface area contributed by atoms with Gasteiger partial charge < -0.3 is 25.0 Å². The maximum atomic E-state index is 12.0. The van der Waals surface area contributed by atoms with Crippen molar-refractivity contribution in [1.29, 1.82) is 0 Å². The highest BCUT2D eigenvalue weighted by atomic mass is 16.5. The minimum Gasteiger partial charge on any atom is -0.482 e. The molecule has 1 aliphatic rings. The molecule has 1 heterocycles. The summed E-state index contributed by atoms with van der Waals surface area (Å²) < 4.78 is 10.2. The molecule has 26 heavy (non-hydrogen) atoms. The van der Waals surface area contributed by atoms with E-state index in [4.69, 9.17) is 9.47 Å². The highest BCUT2D eigenvalue weighted by Crippen LogP contribution is 2.31. The second-order valence-electron chi connectivity index (χ2n) is 5.44. The highest BCUT2D eigenvalue weighted by Gasteiger charge is 2.25. The number of anilines is 1. The van der Waals surface area contributed by atoms with Crippen molar-refractivity contribution in [3.63, 3.8) is 0 Å². The topological polar surface area (TPSA) is 114 Å². The van der Waals surface area contributed by atoms with Gasteiger partial charge >= 0.3 is 5.97 Å². The van der Waals surface area contributed by atoms with E-state index in [-0.39, 0.29) is 37.9 Å². The van der Waals surface area contributed by atoms with Crippen LogP contribution in [0.15, 0.2) is 24.3 Å². The lowest BCUT2D eigenvalue weighted by Crippen LogP contribution is -2.40. The van der Waals surface area contributed by atoms with Gasteiger partial charge in [-0.3, -0.25) is 19.2 Å². The number of amides is 3.